The van der Waals surface area contributed by atoms with E-state index in [-0.39, 0.29) is 11.9 Å². The van der Waals surface area contributed by atoms with Gasteiger partial charge in [0.25, 0.3) is 5.91 Å². The summed E-state index contributed by atoms with van der Waals surface area (Å²) < 4.78 is 4.90. The zero-order chi connectivity index (χ0) is 18.1. The minimum Gasteiger partial charge on any atom is -0.467 e. The van der Waals surface area contributed by atoms with Crippen molar-refractivity contribution in [1.82, 2.24) is 5.32 Å². The Hall–Kier alpha value is -2.88. The molecule has 0 radical (unpaired) electrons. The van der Waals surface area contributed by atoms with Crippen LogP contribution in [0.5, 0.6) is 0 Å². The van der Waals surface area contributed by atoms with Gasteiger partial charge in [-0.05, 0) is 39.9 Å². The molecule has 1 aliphatic rings. The van der Waals surface area contributed by atoms with Gasteiger partial charge in [-0.2, -0.15) is 0 Å². The van der Waals surface area contributed by atoms with Crippen LogP contribution in [-0.2, 0) is 9.53 Å². The highest BCUT2D eigenvalue weighted by Crippen LogP contribution is 2.34. The molecule has 0 unspecified atom stereocenters. The maximum absolute atomic E-state index is 13.2. The molecule has 4 heteroatoms. The first-order valence-corrected chi connectivity index (χ1v) is 8.96. The SMILES string of the molecule is COC(=O)[C@@H](CC1CC1)NC(=O)c1c2ccccc2cc2ccccc12. The molecule has 1 N–H and O–H groups in total. The van der Waals surface area contributed by atoms with Gasteiger partial charge in [-0.15, -0.1) is 0 Å². The Labute approximate surface area is 152 Å². The molecule has 3 aromatic carbocycles. The lowest BCUT2D eigenvalue weighted by molar-refractivity contribution is -0.143. The molecule has 0 heterocycles. The molecule has 1 saturated carbocycles. The number of rotatable bonds is 5. The van der Waals surface area contributed by atoms with Crippen LogP contribution in [0.1, 0.15) is 29.6 Å². The summed E-state index contributed by atoms with van der Waals surface area (Å²) in [5.41, 5.74) is 0.614. The molecule has 3 aromatic rings. The van der Waals surface area contributed by atoms with Crippen LogP contribution in [-0.4, -0.2) is 25.0 Å². The summed E-state index contributed by atoms with van der Waals surface area (Å²) in [4.78, 5) is 25.3. The molecular weight excluding hydrogens is 326 g/mol. The molecule has 0 aliphatic heterocycles. The van der Waals surface area contributed by atoms with E-state index in [1.54, 1.807) is 0 Å². The van der Waals surface area contributed by atoms with Crippen LogP contribution in [0.3, 0.4) is 0 Å². The third kappa shape index (κ3) is 3.15. The number of amides is 1. The van der Waals surface area contributed by atoms with Gasteiger partial charge in [0.05, 0.1) is 12.7 Å². The largest absolute Gasteiger partial charge is 0.467 e. The van der Waals surface area contributed by atoms with Crippen LogP contribution < -0.4 is 5.32 Å². The maximum atomic E-state index is 13.2. The zero-order valence-corrected chi connectivity index (χ0v) is 14.7. The lowest BCUT2D eigenvalue weighted by Gasteiger charge is -2.18. The summed E-state index contributed by atoms with van der Waals surface area (Å²) >= 11 is 0. The molecular formula is C22H21NO3. The van der Waals surface area contributed by atoms with Gasteiger partial charge in [0.1, 0.15) is 6.04 Å². The van der Waals surface area contributed by atoms with E-state index >= 15 is 0 Å². The van der Waals surface area contributed by atoms with E-state index < -0.39 is 6.04 Å². The van der Waals surface area contributed by atoms with Gasteiger partial charge in [0.15, 0.2) is 0 Å². The van der Waals surface area contributed by atoms with Crippen molar-refractivity contribution in [3.8, 4) is 0 Å². The first kappa shape index (κ1) is 16.6. The van der Waals surface area contributed by atoms with Crippen LogP contribution >= 0.6 is 0 Å². The molecule has 4 rings (SSSR count). The minimum absolute atomic E-state index is 0.228. The summed E-state index contributed by atoms with van der Waals surface area (Å²) in [6.07, 6.45) is 2.86. The second kappa shape index (κ2) is 6.79. The van der Waals surface area contributed by atoms with E-state index in [2.05, 4.69) is 11.4 Å². The molecule has 0 saturated heterocycles. The Morgan fingerprint density at radius 2 is 1.62 bits per heavy atom. The Bertz CT molecular complexity index is 937. The van der Waals surface area contributed by atoms with E-state index in [0.717, 1.165) is 34.4 Å². The normalized spacial score (nSPS) is 15.0. The first-order valence-electron chi connectivity index (χ1n) is 8.96. The number of carbonyl (C=O) groups is 2. The third-order valence-corrected chi connectivity index (χ3v) is 5.06. The predicted molar refractivity (Wildman–Crippen MR) is 102 cm³/mol. The average molecular weight is 347 g/mol. The minimum atomic E-state index is -0.599. The van der Waals surface area contributed by atoms with E-state index in [9.17, 15) is 9.59 Å². The summed E-state index contributed by atoms with van der Waals surface area (Å²) in [6.45, 7) is 0. The van der Waals surface area contributed by atoms with Crippen LogP contribution in [0, 0.1) is 5.92 Å². The number of carbonyl (C=O) groups excluding carboxylic acids is 2. The number of nitrogens with one attached hydrogen (secondary N) is 1. The molecule has 0 spiro atoms. The highest BCUT2D eigenvalue weighted by atomic mass is 16.5. The number of benzene rings is 3. The van der Waals surface area contributed by atoms with Crippen molar-refractivity contribution in [3.63, 3.8) is 0 Å². The molecule has 1 fully saturated rings. The van der Waals surface area contributed by atoms with Gasteiger partial charge in [0.2, 0.25) is 0 Å². The number of esters is 1. The Kier molecular flexibility index (Phi) is 4.33. The average Bonchev–Trinajstić information content (AvgIpc) is 3.48. The van der Waals surface area contributed by atoms with Gasteiger partial charge < -0.3 is 10.1 Å². The zero-order valence-electron chi connectivity index (χ0n) is 14.7. The van der Waals surface area contributed by atoms with Gasteiger partial charge in [-0.3, -0.25) is 4.79 Å². The monoisotopic (exact) mass is 347 g/mol. The number of ether oxygens (including phenoxy) is 1. The van der Waals surface area contributed by atoms with Crippen molar-refractivity contribution in [1.29, 1.82) is 0 Å². The molecule has 0 bridgehead atoms. The lowest BCUT2D eigenvalue weighted by Crippen LogP contribution is -2.42. The number of methoxy groups -OCH3 is 1. The van der Waals surface area contributed by atoms with Gasteiger partial charge in [-0.25, -0.2) is 4.79 Å². The molecule has 1 atom stereocenters. The van der Waals surface area contributed by atoms with Crippen molar-refractivity contribution in [2.75, 3.05) is 7.11 Å². The van der Waals surface area contributed by atoms with Crippen LogP contribution in [0.2, 0.25) is 0 Å². The van der Waals surface area contributed by atoms with Crippen molar-refractivity contribution >= 4 is 33.4 Å². The summed E-state index contributed by atoms with van der Waals surface area (Å²) in [5, 5.41) is 6.72. The molecule has 132 valence electrons. The van der Waals surface area contributed by atoms with Crippen molar-refractivity contribution in [2.45, 2.75) is 25.3 Å². The molecule has 4 nitrogen and oxygen atoms in total. The number of hydrogen-bond acceptors (Lipinski definition) is 3. The summed E-state index contributed by atoms with van der Waals surface area (Å²) in [6, 6.07) is 17.2. The van der Waals surface area contributed by atoms with E-state index in [0.29, 0.717) is 17.9 Å². The highest BCUT2D eigenvalue weighted by molar-refractivity contribution is 6.18. The Balaban J connectivity index is 1.77. The summed E-state index contributed by atoms with van der Waals surface area (Å²) in [7, 11) is 1.36. The second-order valence-electron chi connectivity index (χ2n) is 6.92. The van der Waals surface area contributed by atoms with Gasteiger partial charge in [0, 0.05) is 0 Å². The number of fused-ring (bicyclic) bond motifs is 2. The van der Waals surface area contributed by atoms with Gasteiger partial charge in [-0.1, -0.05) is 61.4 Å². The van der Waals surface area contributed by atoms with Crippen molar-refractivity contribution < 1.29 is 14.3 Å². The Morgan fingerprint density at radius 3 is 2.15 bits per heavy atom. The smallest absolute Gasteiger partial charge is 0.328 e. The van der Waals surface area contributed by atoms with Crippen LogP contribution in [0.4, 0.5) is 0 Å². The molecule has 1 aliphatic carbocycles. The van der Waals surface area contributed by atoms with Crippen LogP contribution in [0.15, 0.2) is 54.6 Å². The topological polar surface area (TPSA) is 55.4 Å². The first-order chi connectivity index (χ1) is 12.7. The van der Waals surface area contributed by atoms with Gasteiger partial charge >= 0.3 is 5.97 Å². The molecule has 26 heavy (non-hydrogen) atoms. The number of hydrogen-bond donors (Lipinski definition) is 1. The standard InChI is InChI=1S/C22H21NO3/c1-26-22(25)19(12-14-10-11-14)23-21(24)20-17-8-4-2-6-15(17)13-16-7-3-5-9-18(16)20/h2-9,13-14,19H,10-12H2,1H3,(H,23,24)/t19-/m1/s1. The highest BCUT2D eigenvalue weighted by Gasteiger charge is 2.31. The van der Waals surface area contributed by atoms with Crippen molar-refractivity contribution in [2.24, 2.45) is 5.92 Å². The van der Waals surface area contributed by atoms with E-state index in [4.69, 9.17) is 4.74 Å². The molecule has 1 amide bonds. The third-order valence-electron chi connectivity index (χ3n) is 5.06. The predicted octanol–water partition coefficient (Wildman–Crippen LogP) is 4.06. The summed E-state index contributed by atoms with van der Waals surface area (Å²) in [5.74, 6) is -0.104. The van der Waals surface area contributed by atoms with Crippen molar-refractivity contribution in [3.05, 3.63) is 60.2 Å². The fraction of sp³-hybridized carbons (Fsp3) is 0.273. The maximum Gasteiger partial charge on any atom is 0.328 e. The van der Waals surface area contributed by atoms with E-state index in [1.165, 1.54) is 7.11 Å². The molecule has 0 aromatic heterocycles. The van der Waals surface area contributed by atoms with E-state index in [1.807, 2.05) is 48.5 Å². The second-order valence-corrected chi connectivity index (χ2v) is 6.92. The fourth-order valence-corrected chi connectivity index (χ4v) is 3.53. The Morgan fingerprint density at radius 1 is 1.04 bits per heavy atom. The fourth-order valence-electron chi connectivity index (χ4n) is 3.53. The lowest BCUT2D eigenvalue weighted by atomic mass is 9.96. The van der Waals surface area contributed by atoms with Crippen LogP contribution in [0.25, 0.3) is 21.5 Å². The quantitative estimate of drug-likeness (QED) is 0.559.